The zero-order valence-electron chi connectivity index (χ0n) is 10.2. The van der Waals surface area contributed by atoms with E-state index in [-0.39, 0.29) is 17.1 Å². The second-order valence-corrected chi connectivity index (χ2v) is 3.91. The molecule has 0 amide bonds. The Hall–Kier alpha value is -2.38. The number of benzene rings is 1. The molecule has 0 radical (unpaired) electrons. The summed E-state index contributed by atoms with van der Waals surface area (Å²) in [4.78, 5) is 10.5. The van der Waals surface area contributed by atoms with E-state index in [1.54, 1.807) is 0 Å². The van der Waals surface area contributed by atoms with Gasteiger partial charge in [0.2, 0.25) is 0 Å². The topological polar surface area (TPSA) is 39.4 Å². The first-order valence-electron chi connectivity index (χ1n) is 5.52. The maximum absolute atomic E-state index is 12.7. The van der Waals surface area contributed by atoms with Gasteiger partial charge in [-0.15, -0.1) is 0 Å². The highest BCUT2D eigenvalue weighted by Gasteiger charge is 2.32. The van der Waals surface area contributed by atoms with Crippen LogP contribution in [0.4, 0.5) is 22.0 Å². The summed E-state index contributed by atoms with van der Waals surface area (Å²) in [5, 5.41) is 0. The van der Waals surface area contributed by atoms with Crippen LogP contribution in [0, 0.1) is 0 Å². The second kappa shape index (κ2) is 5.55. The zero-order valence-corrected chi connectivity index (χ0v) is 10.2. The van der Waals surface area contributed by atoms with Crippen molar-refractivity contribution < 1.29 is 35.9 Å². The van der Waals surface area contributed by atoms with E-state index in [4.69, 9.17) is 4.42 Å². The number of alkyl halides is 5. The molecule has 21 heavy (non-hydrogen) atoms. The standard InChI is InChI=1S/C13H7F5O3/c14-12(15)21-11-3-1-7(13(16,17)18)5-9(11)10-4-2-8(6-19)20-10/h1-6,12H. The van der Waals surface area contributed by atoms with E-state index >= 15 is 0 Å². The predicted octanol–water partition coefficient (Wildman–Crippen LogP) is 4.38. The van der Waals surface area contributed by atoms with Gasteiger partial charge in [-0.2, -0.15) is 22.0 Å². The van der Waals surface area contributed by atoms with Crippen LogP contribution in [0.25, 0.3) is 11.3 Å². The van der Waals surface area contributed by atoms with Gasteiger partial charge in [-0.05, 0) is 30.3 Å². The lowest BCUT2D eigenvalue weighted by Gasteiger charge is -2.12. The minimum absolute atomic E-state index is 0.148. The van der Waals surface area contributed by atoms with Gasteiger partial charge in [0.1, 0.15) is 11.5 Å². The van der Waals surface area contributed by atoms with Gasteiger partial charge in [0, 0.05) is 0 Å². The lowest BCUT2D eigenvalue weighted by Crippen LogP contribution is -2.07. The lowest BCUT2D eigenvalue weighted by molar-refractivity contribution is -0.137. The van der Waals surface area contributed by atoms with Crippen LogP contribution in [0.1, 0.15) is 16.1 Å². The summed E-state index contributed by atoms with van der Waals surface area (Å²) in [5.41, 5.74) is -1.37. The molecular formula is C13H7F5O3. The molecule has 0 aliphatic heterocycles. The molecule has 0 spiro atoms. The van der Waals surface area contributed by atoms with Gasteiger partial charge in [-0.25, -0.2) is 0 Å². The van der Waals surface area contributed by atoms with Gasteiger partial charge in [0.15, 0.2) is 12.0 Å². The first-order chi connectivity index (χ1) is 9.81. The van der Waals surface area contributed by atoms with Crippen molar-refractivity contribution in [3.05, 3.63) is 41.7 Å². The van der Waals surface area contributed by atoms with E-state index in [0.717, 1.165) is 6.07 Å². The van der Waals surface area contributed by atoms with Gasteiger partial charge < -0.3 is 9.15 Å². The highest BCUT2D eigenvalue weighted by molar-refractivity contribution is 5.74. The van der Waals surface area contributed by atoms with Crippen molar-refractivity contribution in [3.8, 4) is 17.1 Å². The Morgan fingerprint density at radius 3 is 2.38 bits per heavy atom. The SMILES string of the molecule is O=Cc1ccc(-c2cc(C(F)(F)F)ccc2OC(F)F)o1. The smallest absolute Gasteiger partial charge is 0.416 e. The number of rotatable bonds is 4. The fourth-order valence-electron chi connectivity index (χ4n) is 1.66. The third kappa shape index (κ3) is 3.39. The quantitative estimate of drug-likeness (QED) is 0.621. The Morgan fingerprint density at radius 2 is 1.86 bits per heavy atom. The van der Waals surface area contributed by atoms with Crippen LogP contribution >= 0.6 is 0 Å². The highest BCUT2D eigenvalue weighted by atomic mass is 19.4. The molecule has 0 bridgehead atoms. The van der Waals surface area contributed by atoms with Crippen molar-refractivity contribution in [1.82, 2.24) is 0 Å². The van der Waals surface area contributed by atoms with Crippen molar-refractivity contribution >= 4 is 6.29 Å². The fraction of sp³-hybridized carbons (Fsp3) is 0.154. The summed E-state index contributed by atoms with van der Waals surface area (Å²) in [7, 11) is 0. The molecule has 0 saturated carbocycles. The first kappa shape index (κ1) is 15.0. The minimum Gasteiger partial charge on any atom is -0.453 e. The molecule has 3 nitrogen and oxygen atoms in total. The molecule has 1 aromatic heterocycles. The fourth-order valence-corrected chi connectivity index (χ4v) is 1.66. The Bertz CT molecular complexity index is 645. The molecule has 1 heterocycles. The number of carbonyl (C=O) groups excluding carboxylic acids is 1. The third-order valence-electron chi connectivity index (χ3n) is 2.53. The Balaban J connectivity index is 2.54. The number of carbonyl (C=O) groups is 1. The summed E-state index contributed by atoms with van der Waals surface area (Å²) in [6.45, 7) is -3.21. The summed E-state index contributed by atoms with van der Waals surface area (Å²) >= 11 is 0. The first-order valence-corrected chi connectivity index (χ1v) is 5.52. The molecule has 2 aromatic rings. The monoisotopic (exact) mass is 306 g/mol. The van der Waals surface area contributed by atoms with E-state index in [1.807, 2.05) is 0 Å². The minimum atomic E-state index is -4.65. The van der Waals surface area contributed by atoms with Crippen LogP contribution in [0.2, 0.25) is 0 Å². The van der Waals surface area contributed by atoms with E-state index in [9.17, 15) is 26.7 Å². The van der Waals surface area contributed by atoms with Crippen molar-refractivity contribution in [3.63, 3.8) is 0 Å². The highest BCUT2D eigenvalue weighted by Crippen LogP contribution is 2.38. The summed E-state index contributed by atoms with van der Waals surface area (Å²) in [6.07, 6.45) is -4.32. The number of furan rings is 1. The van der Waals surface area contributed by atoms with E-state index in [1.165, 1.54) is 12.1 Å². The number of hydrogen-bond donors (Lipinski definition) is 0. The normalized spacial score (nSPS) is 11.7. The van der Waals surface area contributed by atoms with E-state index < -0.39 is 24.1 Å². The molecule has 112 valence electrons. The number of halogens is 5. The average molecular weight is 306 g/mol. The van der Waals surface area contributed by atoms with Gasteiger partial charge in [-0.3, -0.25) is 4.79 Å². The number of hydrogen-bond acceptors (Lipinski definition) is 3. The molecule has 0 aliphatic rings. The molecule has 0 N–H and O–H groups in total. The zero-order chi connectivity index (χ0) is 15.6. The van der Waals surface area contributed by atoms with Crippen LogP contribution in [0.3, 0.4) is 0 Å². The maximum Gasteiger partial charge on any atom is 0.416 e. The van der Waals surface area contributed by atoms with Crippen molar-refractivity contribution in [2.24, 2.45) is 0 Å². The van der Waals surface area contributed by atoms with Gasteiger partial charge in [0.25, 0.3) is 0 Å². The summed E-state index contributed by atoms with van der Waals surface area (Å²) in [5.74, 6) is -0.811. The van der Waals surface area contributed by atoms with Gasteiger partial charge in [0.05, 0.1) is 11.1 Å². The number of aldehydes is 1. The number of ether oxygens (including phenoxy) is 1. The van der Waals surface area contributed by atoms with Crippen molar-refractivity contribution in [1.29, 1.82) is 0 Å². The average Bonchev–Trinajstić information content (AvgIpc) is 2.85. The Kier molecular flexibility index (Phi) is 3.97. The maximum atomic E-state index is 12.7. The van der Waals surface area contributed by atoms with Gasteiger partial charge in [-0.1, -0.05) is 0 Å². The van der Waals surface area contributed by atoms with Crippen LogP contribution in [0.5, 0.6) is 5.75 Å². The molecule has 0 aliphatic carbocycles. The van der Waals surface area contributed by atoms with E-state index in [2.05, 4.69) is 4.74 Å². The molecule has 8 heteroatoms. The molecule has 1 aromatic carbocycles. The van der Waals surface area contributed by atoms with Crippen LogP contribution in [0.15, 0.2) is 34.7 Å². The summed E-state index contributed by atoms with van der Waals surface area (Å²) in [6, 6.07) is 4.40. The second-order valence-electron chi connectivity index (χ2n) is 3.91. The molecular weight excluding hydrogens is 299 g/mol. The Morgan fingerprint density at radius 1 is 1.14 bits per heavy atom. The molecule has 2 rings (SSSR count). The predicted molar refractivity (Wildman–Crippen MR) is 61.2 cm³/mol. The van der Waals surface area contributed by atoms with E-state index in [0.29, 0.717) is 18.4 Å². The molecule has 0 unspecified atom stereocenters. The third-order valence-corrected chi connectivity index (χ3v) is 2.53. The largest absolute Gasteiger partial charge is 0.453 e. The molecule has 0 fully saturated rings. The summed E-state index contributed by atoms with van der Waals surface area (Å²) < 4.78 is 71.7. The van der Waals surface area contributed by atoms with Crippen molar-refractivity contribution in [2.75, 3.05) is 0 Å². The Labute approximate surface area is 114 Å². The lowest BCUT2D eigenvalue weighted by atomic mass is 10.1. The van der Waals surface area contributed by atoms with Crippen LogP contribution < -0.4 is 4.74 Å². The molecule has 0 saturated heterocycles. The van der Waals surface area contributed by atoms with Crippen LogP contribution in [-0.2, 0) is 6.18 Å². The van der Waals surface area contributed by atoms with Crippen LogP contribution in [-0.4, -0.2) is 12.9 Å². The van der Waals surface area contributed by atoms with Crippen molar-refractivity contribution in [2.45, 2.75) is 12.8 Å². The van der Waals surface area contributed by atoms with Gasteiger partial charge >= 0.3 is 12.8 Å². The molecule has 0 atom stereocenters.